The Hall–Kier alpha value is 0.430. The summed E-state index contributed by atoms with van der Waals surface area (Å²) >= 11 is 0. The van der Waals surface area contributed by atoms with Gasteiger partial charge >= 0.3 is 0 Å². The highest BCUT2D eigenvalue weighted by Crippen LogP contribution is 2.47. The van der Waals surface area contributed by atoms with E-state index in [2.05, 4.69) is 13.8 Å². The van der Waals surface area contributed by atoms with Crippen LogP contribution in [-0.4, -0.2) is 12.3 Å². The Morgan fingerprint density at radius 3 is 2.46 bits per heavy atom. The largest absolute Gasteiger partial charge is 0.122 e. The number of hydrogen-bond acceptors (Lipinski definition) is 0. The second-order valence-corrected chi connectivity index (χ2v) is 6.68. The van der Waals surface area contributed by atoms with Crippen LogP contribution in [0.3, 0.4) is 0 Å². The summed E-state index contributed by atoms with van der Waals surface area (Å²) in [5.74, 6) is 4.35. The summed E-state index contributed by atoms with van der Waals surface area (Å²) in [5.41, 5.74) is 0. The molecule has 0 nitrogen and oxygen atoms in total. The van der Waals surface area contributed by atoms with E-state index in [0.717, 1.165) is 23.7 Å². The lowest BCUT2D eigenvalue weighted by molar-refractivity contribution is 0.352. The van der Waals surface area contributed by atoms with Crippen molar-refractivity contribution in [3.63, 3.8) is 0 Å². The van der Waals surface area contributed by atoms with E-state index in [1.165, 1.54) is 15.0 Å². The lowest BCUT2D eigenvalue weighted by Crippen LogP contribution is -2.13. The van der Waals surface area contributed by atoms with Crippen LogP contribution in [0.4, 0.5) is 0 Å². The lowest BCUT2D eigenvalue weighted by Gasteiger charge is -2.25. The van der Waals surface area contributed by atoms with E-state index in [0.29, 0.717) is 0 Å². The molecule has 0 spiro atoms. The number of hydrogen-bond donors (Lipinski definition) is 0. The van der Waals surface area contributed by atoms with E-state index in [4.69, 9.17) is 0 Å². The Labute approximate surface area is 84.7 Å². The van der Waals surface area contributed by atoms with Crippen molar-refractivity contribution in [1.29, 1.82) is 0 Å². The molecule has 0 radical (unpaired) electrons. The fraction of sp³-hybridized carbons (Fsp3) is 1.00. The number of rotatable bonds is 5. The van der Waals surface area contributed by atoms with Crippen LogP contribution >= 0.6 is 8.58 Å². The van der Waals surface area contributed by atoms with Gasteiger partial charge in [0.1, 0.15) is 0 Å². The van der Waals surface area contributed by atoms with Crippen LogP contribution in [0.1, 0.15) is 39.5 Å². The molecule has 2 rings (SSSR count). The van der Waals surface area contributed by atoms with Gasteiger partial charge in [0.15, 0.2) is 0 Å². The average Bonchev–Trinajstić information content (AvgIpc) is 2.73. The predicted octanol–water partition coefficient (Wildman–Crippen LogP) is 3.76. The second-order valence-electron chi connectivity index (χ2n) is 5.36. The van der Waals surface area contributed by atoms with Gasteiger partial charge in [0, 0.05) is 0 Å². The molecule has 0 aliphatic heterocycles. The van der Waals surface area contributed by atoms with Crippen molar-refractivity contribution in [2.24, 2.45) is 23.7 Å². The monoisotopic (exact) mass is 198 g/mol. The summed E-state index contributed by atoms with van der Waals surface area (Å²) in [6, 6.07) is 0. The summed E-state index contributed by atoms with van der Waals surface area (Å²) in [6.45, 7) is 4.78. The molecule has 76 valence electrons. The van der Waals surface area contributed by atoms with Crippen LogP contribution in [0.5, 0.6) is 0 Å². The zero-order valence-corrected chi connectivity index (χ0v) is 10.1. The van der Waals surface area contributed by atoms with Crippen LogP contribution in [0.2, 0.25) is 0 Å². The molecule has 0 aromatic rings. The third kappa shape index (κ3) is 2.69. The Morgan fingerprint density at radius 2 is 2.00 bits per heavy atom. The van der Waals surface area contributed by atoms with E-state index in [1.807, 2.05) is 0 Å². The van der Waals surface area contributed by atoms with Crippen molar-refractivity contribution in [2.45, 2.75) is 39.5 Å². The highest BCUT2D eigenvalue weighted by molar-refractivity contribution is 7.38. The normalized spacial score (nSPS) is 34.4. The molecule has 13 heavy (non-hydrogen) atoms. The van der Waals surface area contributed by atoms with Crippen molar-refractivity contribution in [3.8, 4) is 0 Å². The minimum Gasteiger partial charge on any atom is -0.122 e. The van der Waals surface area contributed by atoms with Gasteiger partial charge in [-0.05, 0) is 42.4 Å². The molecule has 2 aliphatic carbocycles. The minimum atomic E-state index is 0.957. The highest BCUT2D eigenvalue weighted by atomic mass is 31.1. The molecular formula is C12H23P. The van der Waals surface area contributed by atoms with Gasteiger partial charge in [0.05, 0.1) is 0 Å². The summed E-state index contributed by atoms with van der Waals surface area (Å²) in [4.78, 5) is 0. The van der Waals surface area contributed by atoms with Gasteiger partial charge in [-0.15, -0.1) is 8.58 Å². The van der Waals surface area contributed by atoms with E-state index >= 15 is 0 Å². The Balaban J connectivity index is 1.50. The minimum absolute atomic E-state index is 0.957. The topological polar surface area (TPSA) is 0 Å². The molecule has 2 aliphatic rings. The first kappa shape index (κ1) is 9.97. The maximum Gasteiger partial charge on any atom is -0.0322 e. The van der Waals surface area contributed by atoms with Crippen molar-refractivity contribution < 1.29 is 0 Å². The first-order valence-electron chi connectivity index (χ1n) is 5.98. The maximum absolute atomic E-state index is 2.39. The van der Waals surface area contributed by atoms with Crippen LogP contribution in [0, 0.1) is 23.7 Å². The highest BCUT2D eigenvalue weighted by Gasteiger charge is 2.38. The van der Waals surface area contributed by atoms with Crippen molar-refractivity contribution in [2.75, 3.05) is 12.3 Å². The summed E-state index contributed by atoms with van der Waals surface area (Å²) < 4.78 is 0. The molecule has 0 amide bonds. The summed E-state index contributed by atoms with van der Waals surface area (Å²) in [7, 11) is 1.29. The van der Waals surface area contributed by atoms with Gasteiger partial charge in [-0.2, -0.15) is 0 Å². The quantitative estimate of drug-likeness (QED) is 0.590. The van der Waals surface area contributed by atoms with Crippen LogP contribution in [0.15, 0.2) is 0 Å². The van der Waals surface area contributed by atoms with E-state index in [1.54, 1.807) is 31.6 Å². The fourth-order valence-corrected chi connectivity index (χ4v) is 4.32. The molecule has 0 N–H and O–H groups in total. The van der Waals surface area contributed by atoms with E-state index in [-0.39, 0.29) is 0 Å². The predicted molar refractivity (Wildman–Crippen MR) is 61.8 cm³/mol. The smallest absolute Gasteiger partial charge is 0.0322 e. The van der Waals surface area contributed by atoms with Crippen molar-refractivity contribution in [3.05, 3.63) is 0 Å². The van der Waals surface area contributed by atoms with Crippen molar-refractivity contribution >= 4 is 8.58 Å². The Kier molecular flexibility index (Phi) is 3.30. The lowest BCUT2D eigenvalue weighted by atomic mass is 9.87. The molecule has 0 heterocycles. The summed E-state index contributed by atoms with van der Waals surface area (Å²) in [5, 5.41) is 0. The molecule has 1 heteroatoms. The zero-order chi connectivity index (χ0) is 9.26. The molecule has 3 unspecified atom stereocenters. The average molecular weight is 198 g/mol. The van der Waals surface area contributed by atoms with E-state index < -0.39 is 0 Å². The zero-order valence-electron chi connectivity index (χ0n) is 9.05. The molecule has 3 atom stereocenters. The van der Waals surface area contributed by atoms with Gasteiger partial charge in [0.2, 0.25) is 0 Å². The fourth-order valence-electron chi connectivity index (χ4n) is 2.49. The third-order valence-corrected chi connectivity index (χ3v) is 5.58. The van der Waals surface area contributed by atoms with Crippen LogP contribution in [0.25, 0.3) is 0 Å². The Morgan fingerprint density at radius 1 is 1.23 bits per heavy atom. The maximum atomic E-state index is 2.39. The second kappa shape index (κ2) is 4.30. The first-order valence-corrected chi connectivity index (χ1v) is 7.39. The van der Waals surface area contributed by atoms with Crippen LogP contribution < -0.4 is 0 Å². The van der Waals surface area contributed by atoms with Gasteiger partial charge in [-0.1, -0.05) is 33.1 Å². The Bertz CT molecular complexity index is 161. The molecule has 2 fully saturated rings. The van der Waals surface area contributed by atoms with E-state index in [9.17, 15) is 0 Å². The van der Waals surface area contributed by atoms with Gasteiger partial charge in [-0.3, -0.25) is 0 Å². The molecule has 0 aromatic carbocycles. The van der Waals surface area contributed by atoms with Gasteiger partial charge in [0.25, 0.3) is 0 Å². The third-order valence-electron chi connectivity index (χ3n) is 3.90. The standard InChI is InChI=1S/C12H23P/c1-9(2)12-6-11(12)8-13-7-10-4-3-5-10/h9-13H,3-8H2,1-2H3. The van der Waals surface area contributed by atoms with Gasteiger partial charge in [-0.25, -0.2) is 0 Å². The SMILES string of the molecule is CC(C)C1CC1CPCC1CCC1. The first-order chi connectivity index (χ1) is 6.27. The molecular weight excluding hydrogens is 175 g/mol. The van der Waals surface area contributed by atoms with Gasteiger partial charge < -0.3 is 0 Å². The molecule has 2 saturated carbocycles. The molecule has 0 aromatic heterocycles. The summed E-state index contributed by atoms with van der Waals surface area (Å²) in [6.07, 6.45) is 9.31. The van der Waals surface area contributed by atoms with Crippen LogP contribution in [-0.2, 0) is 0 Å². The van der Waals surface area contributed by atoms with Crippen molar-refractivity contribution in [1.82, 2.24) is 0 Å². The molecule has 0 bridgehead atoms. The molecule has 0 saturated heterocycles.